The molecule has 0 saturated carbocycles. The minimum absolute atomic E-state index is 0.0926. The Morgan fingerprint density at radius 2 is 2.00 bits per heavy atom. The molecular weight excluding hydrogens is 267 g/mol. The van der Waals surface area contributed by atoms with Crippen molar-refractivity contribution in [3.63, 3.8) is 0 Å². The molecule has 3 nitrogen and oxygen atoms in total. The Bertz CT molecular complexity index is 601. The zero-order chi connectivity index (χ0) is 15.2. The lowest BCUT2D eigenvalue weighted by atomic mass is 9.97. The van der Waals surface area contributed by atoms with Crippen LogP contribution >= 0.6 is 0 Å². The molecule has 0 aliphatic carbocycles. The molecule has 3 N–H and O–H groups in total. The largest absolute Gasteiger partial charge is 0.494 e. The molecule has 0 fully saturated rings. The zero-order valence-electron chi connectivity index (χ0n) is 12.4. The molecule has 2 rings (SSSR count). The van der Waals surface area contributed by atoms with E-state index in [0.29, 0.717) is 0 Å². The van der Waals surface area contributed by atoms with Crippen LogP contribution in [0.4, 0.5) is 4.39 Å². The minimum atomic E-state index is -0.369. The van der Waals surface area contributed by atoms with Crippen molar-refractivity contribution in [2.24, 2.45) is 5.84 Å². The molecule has 112 valence electrons. The second-order valence-electron chi connectivity index (χ2n) is 5.08. The van der Waals surface area contributed by atoms with E-state index in [4.69, 9.17) is 10.6 Å². The van der Waals surface area contributed by atoms with Gasteiger partial charge in [-0.3, -0.25) is 11.3 Å². The Morgan fingerprint density at radius 3 is 2.62 bits per heavy atom. The van der Waals surface area contributed by atoms with Gasteiger partial charge in [0.1, 0.15) is 0 Å². The van der Waals surface area contributed by atoms with Crippen molar-refractivity contribution >= 4 is 0 Å². The molecule has 0 bridgehead atoms. The minimum Gasteiger partial charge on any atom is -0.494 e. The Balaban J connectivity index is 2.10. The summed E-state index contributed by atoms with van der Waals surface area (Å²) in [6.07, 6.45) is 1.68. The molecule has 0 aliphatic rings. The molecule has 0 radical (unpaired) electrons. The summed E-state index contributed by atoms with van der Waals surface area (Å²) in [5.74, 6) is 5.50. The van der Waals surface area contributed by atoms with Crippen molar-refractivity contribution in [3.05, 3.63) is 65.0 Å². The number of nitrogens with one attached hydrogen (secondary N) is 1. The van der Waals surface area contributed by atoms with E-state index >= 15 is 0 Å². The van der Waals surface area contributed by atoms with Crippen molar-refractivity contribution in [1.29, 1.82) is 0 Å². The number of hydrazine groups is 1. The number of methoxy groups -OCH3 is 1. The summed E-state index contributed by atoms with van der Waals surface area (Å²) < 4.78 is 18.7. The zero-order valence-corrected chi connectivity index (χ0v) is 12.4. The lowest BCUT2D eigenvalue weighted by Gasteiger charge is -2.17. The molecule has 0 aliphatic heterocycles. The van der Waals surface area contributed by atoms with Crippen molar-refractivity contribution in [2.45, 2.75) is 25.8 Å². The van der Waals surface area contributed by atoms with Crippen LogP contribution in [0.25, 0.3) is 0 Å². The van der Waals surface area contributed by atoms with Crippen molar-refractivity contribution in [1.82, 2.24) is 5.43 Å². The summed E-state index contributed by atoms with van der Waals surface area (Å²) in [5.41, 5.74) is 6.13. The van der Waals surface area contributed by atoms with Crippen LogP contribution in [0.5, 0.6) is 5.75 Å². The number of hydrogen-bond acceptors (Lipinski definition) is 3. The molecule has 4 heteroatoms. The van der Waals surface area contributed by atoms with E-state index in [-0.39, 0.29) is 17.6 Å². The smallest absolute Gasteiger partial charge is 0.165 e. The number of nitrogens with two attached hydrogens (primary N) is 1. The van der Waals surface area contributed by atoms with Crippen LogP contribution in [0.1, 0.15) is 29.2 Å². The van der Waals surface area contributed by atoms with E-state index in [1.807, 2.05) is 18.2 Å². The van der Waals surface area contributed by atoms with Crippen LogP contribution in [0, 0.1) is 12.7 Å². The van der Waals surface area contributed by atoms with Crippen LogP contribution < -0.4 is 16.0 Å². The highest BCUT2D eigenvalue weighted by molar-refractivity contribution is 5.31. The molecule has 1 unspecified atom stereocenters. The second kappa shape index (κ2) is 7.20. The maximum atomic E-state index is 13.8. The molecule has 0 aromatic heterocycles. The van der Waals surface area contributed by atoms with Crippen LogP contribution in [-0.2, 0) is 6.42 Å². The van der Waals surface area contributed by atoms with Gasteiger partial charge in [0.15, 0.2) is 11.6 Å². The summed E-state index contributed by atoms with van der Waals surface area (Å²) in [6, 6.07) is 13.1. The Kier molecular flexibility index (Phi) is 5.31. The van der Waals surface area contributed by atoms with Crippen LogP contribution in [0.3, 0.4) is 0 Å². The molecule has 21 heavy (non-hydrogen) atoms. The van der Waals surface area contributed by atoms with Gasteiger partial charge < -0.3 is 4.74 Å². The first-order valence-corrected chi connectivity index (χ1v) is 6.99. The molecule has 2 aromatic rings. The van der Waals surface area contributed by atoms with E-state index in [0.717, 1.165) is 18.4 Å². The summed E-state index contributed by atoms with van der Waals surface area (Å²) in [5, 5.41) is 0. The maximum Gasteiger partial charge on any atom is 0.165 e. The monoisotopic (exact) mass is 288 g/mol. The molecule has 2 aromatic carbocycles. The van der Waals surface area contributed by atoms with Gasteiger partial charge >= 0.3 is 0 Å². The van der Waals surface area contributed by atoms with Crippen molar-refractivity contribution in [2.75, 3.05) is 7.11 Å². The van der Waals surface area contributed by atoms with E-state index in [1.54, 1.807) is 6.07 Å². The van der Waals surface area contributed by atoms with Crippen molar-refractivity contribution in [3.8, 4) is 5.75 Å². The van der Waals surface area contributed by atoms with Gasteiger partial charge in [0, 0.05) is 6.04 Å². The molecule has 0 spiro atoms. The highest BCUT2D eigenvalue weighted by atomic mass is 19.1. The van der Waals surface area contributed by atoms with Gasteiger partial charge in [-0.25, -0.2) is 4.39 Å². The third kappa shape index (κ3) is 3.80. The van der Waals surface area contributed by atoms with E-state index in [2.05, 4.69) is 24.5 Å². The van der Waals surface area contributed by atoms with Gasteiger partial charge in [0.05, 0.1) is 7.11 Å². The average Bonchev–Trinajstić information content (AvgIpc) is 2.50. The van der Waals surface area contributed by atoms with E-state index < -0.39 is 0 Å². The van der Waals surface area contributed by atoms with E-state index in [1.165, 1.54) is 24.3 Å². The first-order valence-electron chi connectivity index (χ1n) is 6.99. The first kappa shape index (κ1) is 15.5. The number of hydrogen-bond donors (Lipinski definition) is 2. The fraction of sp³-hybridized carbons (Fsp3) is 0.294. The second-order valence-corrected chi connectivity index (χ2v) is 5.08. The standard InChI is InChI=1S/C17H21FN2O/c1-12-5-3-4-6-13(12)7-9-16(20-19)14-8-10-17(21-2)15(18)11-14/h3-6,8,10-11,16,20H,7,9,19H2,1-2H3. The Hall–Kier alpha value is -1.91. The van der Waals surface area contributed by atoms with Crippen LogP contribution in [0.2, 0.25) is 0 Å². The first-order chi connectivity index (χ1) is 10.2. The predicted octanol–water partition coefficient (Wildman–Crippen LogP) is 3.28. The number of ether oxygens (including phenoxy) is 1. The van der Waals surface area contributed by atoms with Gasteiger partial charge in [-0.15, -0.1) is 0 Å². The number of halogens is 1. The Morgan fingerprint density at radius 1 is 1.24 bits per heavy atom. The lowest BCUT2D eigenvalue weighted by Crippen LogP contribution is -2.28. The van der Waals surface area contributed by atoms with Crippen molar-refractivity contribution < 1.29 is 9.13 Å². The fourth-order valence-electron chi connectivity index (χ4n) is 2.44. The van der Waals surface area contributed by atoms with Crippen LogP contribution in [-0.4, -0.2) is 7.11 Å². The summed E-state index contributed by atoms with van der Waals surface area (Å²) in [6.45, 7) is 2.09. The van der Waals surface area contributed by atoms with E-state index in [9.17, 15) is 4.39 Å². The quantitative estimate of drug-likeness (QED) is 0.633. The highest BCUT2D eigenvalue weighted by Gasteiger charge is 2.13. The van der Waals surface area contributed by atoms with Gasteiger partial charge in [-0.05, 0) is 48.6 Å². The molecule has 0 saturated heterocycles. The van der Waals surface area contributed by atoms with Gasteiger partial charge in [0.2, 0.25) is 0 Å². The van der Waals surface area contributed by atoms with Gasteiger partial charge in [-0.2, -0.15) is 0 Å². The predicted molar refractivity (Wildman–Crippen MR) is 82.5 cm³/mol. The molecular formula is C17H21FN2O. The summed E-state index contributed by atoms with van der Waals surface area (Å²) >= 11 is 0. The SMILES string of the molecule is COc1ccc(C(CCc2ccccc2C)NN)cc1F. The van der Waals surface area contributed by atoms with Gasteiger partial charge in [0.25, 0.3) is 0 Å². The fourth-order valence-corrected chi connectivity index (χ4v) is 2.44. The lowest BCUT2D eigenvalue weighted by molar-refractivity contribution is 0.385. The van der Waals surface area contributed by atoms with Gasteiger partial charge in [-0.1, -0.05) is 30.3 Å². The normalized spacial score (nSPS) is 12.2. The summed E-state index contributed by atoms with van der Waals surface area (Å²) in [4.78, 5) is 0. The third-order valence-corrected chi connectivity index (χ3v) is 3.74. The van der Waals surface area contributed by atoms with Crippen LogP contribution in [0.15, 0.2) is 42.5 Å². The maximum absolute atomic E-state index is 13.8. The highest BCUT2D eigenvalue weighted by Crippen LogP contribution is 2.24. The Labute approximate surface area is 124 Å². The molecule has 0 heterocycles. The molecule has 1 atom stereocenters. The number of aryl methyl sites for hydroxylation is 2. The summed E-state index contributed by atoms with van der Waals surface area (Å²) in [7, 11) is 1.45. The number of benzene rings is 2. The third-order valence-electron chi connectivity index (χ3n) is 3.74. The average molecular weight is 288 g/mol. The topological polar surface area (TPSA) is 47.3 Å². The number of rotatable bonds is 6. The molecule has 0 amide bonds.